The van der Waals surface area contributed by atoms with E-state index in [0.29, 0.717) is 5.57 Å². The molecule has 0 atom stereocenters. The molecule has 0 fully saturated rings. The summed E-state index contributed by atoms with van der Waals surface area (Å²) in [5, 5.41) is 3.95. The fraction of sp³-hybridized carbons (Fsp3) is 0.111. The Kier molecular flexibility index (Phi) is 3.35. The van der Waals surface area contributed by atoms with Crippen molar-refractivity contribution in [3.63, 3.8) is 0 Å². The Morgan fingerprint density at radius 2 is 2.13 bits per heavy atom. The number of rotatable bonds is 2. The fourth-order valence-electron chi connectivity index (χ4n) is 2.58. The van der Waals surface area contributed by atoms with Gasteiger partial charge in [0.25, 0.3) is 5.91 Å². The minimum absolute atomic E-state index is 0.139. The number of aryl methyl sites for hydroxylation is 1. The maximum atomic E-state index is 12.4. The summed E-state index contributed by atoms with van der Waals surface area (Å²) in [4.78, 5) is 16.9. The largest absolute Gasteiger partial charge is 0.488 e. The molecule has 1 aliphatic heterocycles. The highest BCUT2D eigenvalue weighted by molar-refractivity contribution is 7.18. The summed E-state index contributed by atoms with van der Waals surface area (Å²) in [5.41, 5.74) is 3.27. The van der Waals surface area contributed by atoms with Crippen molar-refractivity contribution in [1.29, 1.82) is 0 Å². The Morgan fingerprint density at radius 1 is 1.26 bits per heavy atom. The number of ether oxygens (including phenoxy) is 1. The molecule has 2 heterocycles. The second kappa shape index (κ2) is 5.52. The van der Waals surface area contributed by atoms with Gasteiger partial charge in [-0.3, -0.25) is 4.79 Å². The van der Waals surface area contributed by atoms with Gasteiger partial charge in [-0.25, -0.2) is 4.98 Å². The molecule has 114 valence electrons. The van der Waals surface area contributed by atoms with Crippen LogP contribution in [0.15, 0.2) is 48.0 Å². The molecule has 1 aliphatic rings. The average molecular weight is 322 g/mol. The summed E-state index contributed by atoms with van der Waals surface area (Å²) in [7, 11) is 0. The lowest BCUT2D eigenvalue weighted by Gasteiger charge is -2.17. The SMILES string of the molecule is Cc1nc2ccc(NC(=O)C3=Cc4ccccc4OC3)cc2s1. The molecule has 0 unspecified atom stereocenters. The highest BCUT2D eigenvalue weighted by Crippen LogP contribution is 2.27. The quantitative estimate of drug-likeness (QED) is 0.775. The number of fused-ring (bicyclic) bond motifs is 2. The van der Waals surface area contributed by atoms with Crippen LogP contribution in [0.4, 0.5) is 5.69 Å². The lowest BCUT2D eigenvalue weighted by atomic mass is 10.1. The first-order valence-corrected chi connectivity index (χ1v) is 8.12. The Hall–Kier alpha value is -2.66. The molecule has 4 rings (SSSR count). The number of amides is 1. The van der Waals surface area contributed by atoms with Gasteiger partial charge in [0.1, 0.15) is 12.4 Å². The van der Waals surface area contributed by atoms with Crippen LogP contribution < -0.4 is 10.1 Å². The molecule has 0 spiro atoms. The summed E-state index contributed by atoms with van der Waals surface area (Å²) >= 11 is 1.62. The number of benzene rings is 2. The Labute approximate surface area is 137 Å². The molecule has 0 aliphatic carbocycles. The van der Waals surface area contributed by atoms with Crippen LogP contribution in [0.3, 0.4) is 0 Å². The molecule has 1 aromatic heterocycles. The van der Waals surface area contributed by atoms with Gasteiger partial charge >= 0.3 is 0 Å². The summed E-state index contributed by atoms with van der Waals surface area (Å²) in [5.74, 6) is 0.672. The van der Waals surface area contributed by atoms with E-state index in [9.17, 15) is 4.79 Å². The molecule has 4 nitrogen and oxygen atoms in total. The molecule has 1 amide bonds. The van der Waals surface area contributed by atoms with Gasteiger partial charge in [-0.05, 0) is 37.3 Å². The lowest BCUT2D eigenvalue weighted by Crippen LogP contribution is -2.21. The van der Waals surface area contributed by atoms with Crippen LogP contribution in [0.25, 0.3) is 16.3 Å². The number of nitrogens with zero attached hydrogens (tertiary/aromatic N) is 1. The first-order valence-electron chi connectivity index (χ1n) is 7.30. The molecule has 3 aromatic rings. The van der Waals surface area contributed by atoms with E-state index in [1.165, 1.54) is 0 Å². The number of hydrogen-bond donors (Lipinski definition) is 1. The minimum Gasteiger partial charge on any atom is -0.488 e. The van der Waals surface area contributed by atoms with Gasteiger partial charge in [-0.15, -0.1) is 11.3 Å². The summed E-state index contributed by atoms with van der Waals surface area (Å²) < 4.78 is 6.70. The molecule has 5 heteroatoms. The molecule has 0 saturated carbocycles. The van der Waals surface area contributed by atoms with Crippen LogP contribution in [0.1, 0.15) is 10.6 Å². The summed E-state index contributed by atoms with van der Waals surface area (Å²) in [6.07, 6.45) is 1.88. The minimum atomic E-state index is -0.139. The van der Waals surface area contributed by atoms with Crippen LogP contribution in [-0.2, 0) is 4.79 Å². The molecule has 1 N–H and O–H groups in total. The average Bonchev–Trinajstić information content (AvgIpc) is 2.93. The van der Waals surface area contributed by atoms with Crippen molar-refractivity contribution in [1.82, 2.24) is 4.98 Å². The van der Waals surface area contributed by atoms with Crippen LogP contribution >= 0.6 is 11.3 Å². The van der Waals surface area contributed by atoms with Crippen molar-refractivity contribution in [2.45, 2.75) is 6.92 Å². The van der Waals surface area contributed by atoms with E-state index in [4.69, 9.17) is 4.74 Å². The highest BCUT2D eigenvalue weighted by atomic mass is 32.1. The van der Waals surface area contributed by atoms with Gasteiger partial charge in [-0.1, -0.05) is 18.2 Å². The van der Waals surface area contributed by atoms with Crippen molar-refractivity contribution < 1.29 is 9.53 Å². The van der Waals surface area contributed by atoms with Crippen LogP contribution in [0.5, 0.6) is 5.75 Å². The number of carbonyl (C=O) groups excluding carboxylic acids is 1. The van der Waals surface area contributed by atoms with Crippen molar-refractivity contribution in [3.8, 4) is 5.75 Å². The smallest absolute Gasteiger partial charge is 0.255 e. The molecular formula is C18H14N2O2S. The first kappa shape index (κ1) is 14.0. The van der Waals surface area contributed by atoms with E-state index in [0.717, 1.165) is 32.2 Å². The van der Waals surface area contributed by atoms with Gasteiger partial charge in [0.2, 0.25) is 0 Å². The third kappa shape index (κ3) is 2.71. The third-order valence-electron chi connectivity index (χ3n) is 3.68. The van der Waals surface area contributed by atoms with E-state index in [1.807, 2.05) is 55.5 Å². The van der Waals surface area contributed by atoms with E-state index in [1.54, 1.807) is 11.3 Å². The normalized spacial score (nSPS) is 13.2. The zero-order chi connectivity index (χ0) is 15.8. The standard InChI is InChI=1S/C18H14N2O2S/c1-11-19-15-7-6-14(9-17(15)23-11)20-18(21)13-8-12-4-2-3-5-16(12)22-10-13/h2-9H,10H2,1H3,(H,20,21). The molecule has 0 bridgehead atoms. The number of nitrogens with one attached hydrogen (secondary N) is 1. The molecular weight excluding hydrogens is 308 g/mol. The predicted molar refractivity (Wildman–Crippen MR) is 92.9 cm³/mol. The van der Waals surface area contributed by atoms with Crippen molar-refractivity contribution in [2.24, 2.45) is 0 Å². The van der Waals surface area contributed by atoms with Gasteiger partial charge in [0.15, 0.2) is 0 Å². The molecule has 23 heavy (non-hydrogen) atoms. The molecule has 0 radical (unpaired) electrons. The number of aromatic nitrogens is 1. The van der Waals surface area contributed by atoms with Crippen LogP contribution in [-0.4, -0.2) is 17.5 Å². The number of anilines is 1. The van der Waals surface area contributed by atoms with Crippen LogP contribution in [0.2, 0.25) is 0 Å². The maximum Gasteiger partial charge on any atom is 0.255 e. The first-order chi connectivity index (χ1) is 11.2. The molecule has 2 aromatic carbocycles. The third-order valence-corrected chi connectivity index (χ3v) is 4.61. The Morgan fingerprint density at radius 3 is 3.04 bits per heavy atom. The summed E-state index contributed by atoms with van der Waals surface area (Å²) in [6.45, 7) is 2.26. The van der Waals surface area contributed by atoms with Gasteiger partial charge in [0, 0.05) is 11.3 Å². The highest BCUT2D eigenvalue weighted by Gasteiger charge is 2.17. The Bertz CT molecular complexity index is 943. The van der Waals surface area contributed by atoms with Crippen LogP contribution in [0, 0.1) is 6.92 Å². The topological polar surface area (TPSA) is 51.2 Å². The second-order valence-corrected chi connectivity index (χ2v) is 6.60. The monoisotopic (exact) mass is 322 g/mol. The predicted octanol–water partition coefficient (Wildman–Crippen LogP) is 4.02. The Balaban J connectivity index is 1.58. The summed E-state index contributed by atoms with van der Waals surface area (Å²) in [6, 6.07) is 13.4. The number of hydrogen-bond acceptors (Lipinski definition) is 4. The van der Waals surface area contributed by atoms with Gasteiger partial charge < -0.3 is 10.1 Å². The van der Waals surface area contributed by atoms with Crippen molar-refractivity contribution >= 4 is 39.2 Å². The fourth-order valence-corrected chi connectivity index (χ4v) is 3.44. The van der Waals surface area contributed by atoms with E-state index in [2.05, 4.69) is 10.3 Å². The van der Waals surface area contributed by atoms with Crippen molar-refractivity contribution in [2.75, 3.05) is 11.9 Å². The molecule has 0 saturated heterocycles. The maximum absolute atomic E-state index is 12.4. The number of carbonyl (C=O) groups is 1. The van der Waals surface area contributed by atoms with Crippen molar-refractivity contribution in [3.05, 3.63) is 58.6 Å². The lowest BCUT2D eigenvalue weighted by molar-refractivity contribution is -0.113. The number of thiazole rings is 1. The van der Waals surface area contributed by atoms with Gasteiger partial charge in [0.05, 0.1) is 20.8 Å². The van der Waals surface area contributed by atoms with E-state index in [-0.39, 0.29) is 12.5 Å². The zero-order valence-electron chi connectivity index (χ0n) is 12.5. The van der Waals surface area contributed by atoms with E-state index < -0.39 is 0 Å². The second-order valence-electron chi connectivity index (χ2n) is 5.37. The zero-order valence-corrected chi connectivity index (χ0v) is 13.3. The number of para-hydroxylation sites is 1. The van der Waals surface area contributed by atoms with E-state index >= 15 is 0 Å². The van der Waals surface area contributed by atoms with Gasteiger partial charge in [-0.2, -0.15) is 0 Å².